The molecule has 0 saturated carbocycles. The van der Waals surface area contributed by atoms with Crippen molar-refractivity contribution in [2.75, 3.05) is 18.6 Å². The fourth-order valence-electron chi connectivity index (χ4n) is 4.29. The lowest BCUT2D eigenvalue weighted by Gasteiger charge is -2.31. The number of hydrogen-bond donors (Lipinski definition) is 0. The number of nitrogens with zero attached hydrogens (tertiary/aromatic N) is 3. The van der Waals surface area contributed by atoms with Gasteiger partial charge in [0.25, 0.3) is 0 Å². The summed E-state index contributed by atoms with van der Waals surface area (Å²) in [4.78, 5) is 19.0. The van der Waals surface area contributed by atoms with E-state index in [1.54, 1.807) is 0 Å². The highest BCUT2D eigenvalue weighted by atomic mass is 35.5. The van der Waals surface area contributed by atoms with E-state index in [0.29, 0.717) is 10.6 Å². The Kier molecular flexibility index (Phi) is 4.91. The highest BCUT2D eigenvalue weighted by molar-refractivity contribution is 6.33. The first kappa shape index (κ1) is 19.6. The Bertz CT molecular complexity index is 1310. The first-order valence-corrected chi connectivity index (χ1v) is 10.6. The Labute approximate surface area is 185 Å². The molecule has 0 unspecified atom stereocenters. The van der Waals surface area contributed by atoms with Gasteiger partial charge in [-0.3, -0.25) is 0 Å². The van der Waals surface area contributed by atoms with Crippen LogP contribution in [0.25, 0.3) is 22.4 Å². The van der Waals surface area contributed by atoms with Crippen LogP contribution in [0.5, 0.6) is 0 Å². The van der Waals surface area contributed by atoms with E-state index in [-0.39, 0.29) is 5.97 Å². The molecule has 5 nitrogen and oxygen atoms in total. The van der Waals surface area contributed by atoms with E-state index in [9.17, 15) is 4.79 Å². The number of aryl methyl sites for hydroxylation is 1. The van der Waals surface area contributed by atoms with Crippen LogP contribution >= 0.6 is 11.6 Å². The number of benzene rings is 3. The van der Waals surface area contributed by atoms with Crippen LogP contribution in [-0.4, -0.2) is 29.2 Å². The average Bonchev–Trinajstić information content (AvgIpc) is 3.14. The van der Waals surface area contributed by atoms with Gasteiger partial charge in [0.15, 0.2) is 0 Å². The summed E-state index contributed by atoms with van der Waals surface area (Å²) in [6.45, 7) is 1.64. The number of hydrogen-bond acceptors (Lipinski definition) is 4. The molecule has 0 amide bonds. The molecule has 1 aromatic heterocycles. The van der Waals surface area contributed by atoms with E-state index < -0.39 is 0 Å². The second kappa shape index (κ2) is 7.75. The zero-order valence-corrected chi connectivity index (χ0v) is 18.2. The van der Waals surface area contributed by atoms with Crippen molar-refractivity contribution in [1.29, 1.82) is 0 Å². The third-order valence-electron chi connectivity index (χ3n) is 5.98. The number of carbonyl (C=O) groups excluding carboxylic acids is 1. The Morgan fingerprint density at radius 2 is 1.90 bits per heavy atom. The standard InChI is InChI=1S/C25H22ClN3O2/c1-28-23-6-4-3-5-22(23)27-24(28)20-14-19(9-10-21(20)26)29-12-11-16-13-17(25(30)31-2)7-8-18(16)15-29/h3-10,13-14H,11-12,15H2,1-2H3. The summed E-state index contributed by atoms with van der Waals surface area (Å²) >= 11 is 6.60. The van der Waals surface area contributed by atoms with Gasteiger partial charge < -0.3 is 14.2 Å². The lowest BCUT2D eigenvalue weighted by atomic mass is 9.96. The second-order valence-corrected chi connectivity index (χ2v) is 8.20. The summed E-state index contributed by atoms with van der Waals surface area (Å²) < 4.78 is 6.93. The molecule has 6 heteroatoms. The quantitative estimate of drug-likeness (QED) is 0.416. The first-order chi connectivity index (χ1) is 15.0. The number of methoxy groups -OCH3 is 1. The van der Waals surface area contributed by atoms with E-state index >= 15 is 0 Å². The minimum atomic E-state index is -0.296. The van der Waals surface area contributed by atoms with Crippen molar-refractivity contribution in [3.05, 3.63) is 82.4 Å². The number of aromatic nitrogens is 2. The maximum Gasteiger partial charge on any atom is 0.337 e. The Hall–Kier alpha value is -3.31. The molecule has 5 rings (SSSR count). The van der Waals surface area contributed by atoms with Crippen LogP contribution in [0.15, 0.2) is 60.7 Å². The normalized spacial score (nSPS) is 13.3. The lowest BCUT2D eigenvalue weighted by Crippen LogP contribution is -2.30. The number of ether oxygens (including phenoxy) is 1. The number of imidazole rings is 1. The molecule has 0 fully saturated rings. The molecule has 0 atom stereocenters. The molecule has 31 heavy (non-hydrogen) atoms. The van der Waals surface area contributed by atoms with E-state index in [0.717, 1.165) is 47.6 Å². The van der Waals surface area contributed by atoms with Gasteiger partial charge in [0, 0.05) is 31.4 Å². The molecule has 156 valence electrons. The number of halogens is 1. The van der Waals surface area contributed by atoms with Crippen molar-refractivity contribution in [1.82, 2.24) is 9.55 Å². The Morgan fingerprint density at radius 3 is 2.71 bits per heavy atom. The third-order valence-corrected chi connectivity index (χ3v) is 6.31. The minimum absolute atomic E-state index is 0.296. The summed E-state index contributed by atoms with van der Waals surface area (Å²) in [5.41, 5.74) is 7.08. The topological polar surface area (TPSA) is 47.4 Å². The first-order valence-electron chi connectivity index (χ1n) is 10.2. The number of esters is 1. The zero-order valence-electron chi connectivity index (χ0n) is 17.4. The SMILES string of the molecule is COC(=O)c1ccc2c(c1)CCN(c1ccc(Cl)c(-c3nc4ccccc4n3C)c1)C2. The smallest absolute Gasteiger partial charge is 0.337 e. The molecule has 4 aromatic rings. The molecule has 2 heterocycles. The molecule has 1 aliphatic heterocycles. The number of fused-ring (bicyclic) bond motifs is 2. The zero-order chi connectivity index (χ0) is 21.5. The lowest BCUT2D eigenvalue weighted by molar-refractivity contribution is 0.0600. The highest BCUT2D eigenvalue weighted by Crippen LogP contribution is 2.34. The fourth-order valence-corrected chi connectivity index (χ4v) is 4.49. The largest absolute Gasteiger partial charge is 0.465 e. The van der Waals surface area contributed by atoms with Crippen LogP contribution < -0.4 is 4.90 Å². The van der Waals surface area contributed by atoms with Crippen LogP contribution in [-0.2, 0) is 24.8 Å². The number of rotatable bonds is 3. The summed E-state index contributed by atoms with van der Waals surface area (Å²) in [5.74, 6) is 0.559. The summed E-state index contributed by atoms with van der Waals surface area (Å²) in [6, 6.07) is 20.0. The van der Waals surface area contributed by atoms with Gasteiger partial charge in [-0.05, 0) is 60.0 Å². The van der Waals surface area contributed by atoms with Crippen LogP contribution in [0.3, 0.4) is 0 Å². The van der Waals surface area contributed by atoms with Crippen LogP contribution in [0.2, 0.25) is 5.02 Å². The molecule has 3 aromatic carbocycles. The minimum Gasteiger partial charge on any atom is -0.465 e. The summed E-state index contributed by atoms with van der Waals surface area (Å²) in [7, 11) is 3.43. The summed E-state index contributed by atoms with van der Waals surface area (Å²) in [6.07, 6.45) is 0.865. The molecule has 0 radical (unpaired) electrons. The van der Waals surface area contributed by atoms with Crippen molar-refractivity contribution >= 4 is 34.3 Å². The molecule has 1 aliphatic rings. The van der Waals surface area contributed by atoms with Crippen molar-refractivity contribution in [3.63, 3.8) is 0 Å². The van der Waals surface area contributed by atoms with Gasteiger partial charge in [-0.15, -0.1) is 0 Å². The van der Waals surface area contributed by atoms with Gasteiger partial charge in [-0.1, -0.05) is 29.8 Å². The van der Waals surface area contributed by atoms with Gasteiger partial charge in [-0.2, -0.15) is 0 Å². The van der Waals surface area contributed by atoms with Crippen molar-refractivity contribution in [2.45, 2.75) is 13.0 Å². The molecule has 0 N–H and O–H groups in total. The maximum atomic E-state index is 11.8. The van der Waals surface area contributed by atoms with Gasteiger partial charge >= 0.3 is 5.97 Å². The summed E-state index contributed by atoms with van der Waals surface area (Å²) in [5, 5.41) is 0.683. The van der Waals surface area contributed by atoms with Crippen LogP contribution in [0.1, 0.15) is 21.5 Å². The van der Waals surface area contributed by atoms with Gasteiger partial charge in [0.2, 0.25) is 0 Å². The van der Waals surface area contributed by atoms with Crippen molar-refractivity contribution < 1.29 is 9.53 Å². The molecular weight excluding hydrogens is 410 g/mol. The van der Waals surface area contributed by atoms with Gasteiger partial charge in [0.05, 0.1) is 28.7 Å². The van der Waals surface area contributed by atoms with E-state index in [1.807, 2.05) is 49.5 Å². The molecule has 0 saturated heterocycles. The van der Waals surface area contributed by atoms with E-state index in [2.05, 4.69) is 27.7 Å². The maximum absolute atomic E-state index is 11.8. The Balaban J connectivity index is 1.48. The van der Waals surface area contributed by atoms with Crippen LogP contribution in [0.4, 0.5) is 5.69 Å². The fraction of sp³-hybridized carbons (Fsp3) is 0.200. The predicted molar refractivity (Wildman–Crippen MR) is 124 cm³/mol. The predicted octanol–water partition coefficient (Wildman–Crippen LogP) is 5.24. The number of carbonyl (C=O) groups is 1. The van der Waals surface area contributed by atoms with Crippen molar-refractivity contribution in [3.8, 4) is 11.4 Å². The highest BCUT2D eigenvalue weighted by Gasteiger charge is 2.20. The Morgan fingerprint density at radius 1 is 1.06 bits per heavy atom. The van der Waals surface area contributed by atoms with Crippen LogP contribution in [0, 0.1) is 0 Å². The molecule has 0 bridgehead atoms. The van der Waals surface area contributed by atoms with Gasteiger partial charge in [-0.25, -0.2) is 9.78 Å². The van der Waals surface area contributed by atoms with E-state index in [1.165, 1.54) is 18.2 Å². The molecule has 0 spiro atoms. The number of anilines is 1. The average molecular weight is 432 g/mol. The van der Waals surface area contributed by atoms with Crippen molar-refractivity contribution in [2.24, 2.45) is 7.05 Å². The van der Waals surface area contributed by atoms with Gasteiger partial charge in [0.1, 0.15) is 5.82 Å². The molecule has 0 aliphatic carbocycles. The van der Waals surface area contributed by atoms with E-state index in [4.69, 9.17) is 21.3 Å². The third kappa shape index (κ3) is 3.45. The monoisotopic (exact) mass is 431 g/mol. The molecular formula is C25H22ClN3O2. The second-order valence-electron chi connectivity index (χ2n) is 7.79. The number of para-hydroxylation sites is 2.